The zero-order chi connectivity index (χ0) is 16.9. The number of benzene rings is 1. The molecular formula is C17H18N4O3. The van der Waals surface area contributed by atoms with Crippen molar-refractivity contribution in [3.63, 3.8) is 0 Å². The second-order valence-electron chi connectivity index (χ2n) is 5.61. The van der Waals surface area contributed by atoms with E-state index in [0.717, 1.165) is 30.6 Å². The number of carboxylic acids is 1. The summed E-state index contributed by atoms with van der Waals surface area (Å²) in [5, 5.41) is 11.9. The Bertz CT molecular complexity index is 729. The van der Waals surface area contributed by atoms with E-state index in [1.807, 2.05) is 29.2 Å². The zero-order valence-corrected chi connectivity index (χ0v) is 13.1. The number of rotatable bonds is 5. The predicted octanol–water partition coefficient (Wildman–Crippen LogP) is 2.30. The molecular weight excluding hydrogens is 308 g/mol. The third kappa shape index (κ3) is 3.68. The molecule has 1 amide bonds. The van der Waals surface area contributed by atoms with Crippen LogP contribution in [0.1, 0.15) is 35.3 Å². The van der Waals surface area contributed by atoms with E-state index in [-0.39, 0.29) is 11.6 Å². The van der Waals surface area contributed by atoms with Crippen molar-refractivity contribution in [3.8, 4) is 0 Å². The summed E-state index contributed by atoms with van der Waals surface area (Å²) in [6.07, 6.45) is 5.24. The molecule has 2 aromatic rings. The first-order chi connectivity index (χ1) is 11.6. The summed E-state index contributed by atoms with van der Waals surface area (Å²) in [5.74, 6) is -0.409. The molecule has 0 atom stereocenters. The molecule has 0 radical (unpaired) electrons. The summed E-state index contributed by atoms with van der Waals surface area (Å²) >= 11 is 0. The highest BCUT2D eigenvalue weighted by Crippen LogP contribution is 2.21. The minimum atomic E-state index is -1.10. The van der Waals surface area contributed by atoms with Gasteiger partial charge in [-0.25, -0.2) is 14.8 Å². The van der Waals surface area contributed by atoms with Crippen molar-refractivity contribution < 1.29 is 14.7 Å². The average molecular weight is 326 g/mol. The molecule has 0 unspecified atom stereocenters. The first kappa shape index (κ1) is 15.9. The highest BCUT2D eigenvalue weighted by atomic mass is 16.4. The molecule has 1 aromatic heterocycles. The molecule has 1 aliphatic rings. The van der Waals surface area contributed by atoms with Crippen LogP contribution in [0.15, 0.2) is 36.7 Å². The van der Waals surface area contributed by atoms with Gasteiger partial charge in [0.05, 0.1) is 12.4 Å². The maximum atomic E-state index is 11.9. The predicted molar refractivity (Wildman–Crippen MR) is 89.0 cm³/mol. The van der Waals surface area contributed by atoms with Crippen LogP contribution in [0.3, 0.4) is 0 Å². The zero-order valence-electron chi connectivity index (χ0n) is 13.1. The lowest BCUT2D eigenvalue weighted by atomic mass is 10.1. The lowest BCUT2D eigenvalue weighted by molar-refractivity contribution is -0.119. The number of aromatic carboxylic acids is 1. The first-order valence-electron chi connectivity index (χ1n) is 7.82. The van der Waals surface area contributed by atoms with Gasteiger partial charge in [0.1, 0.15) is 5.82 Å². The van der Waals surface area contributed by atoms with Crippen molar-refractivity contribution in [3.05, 3.63) is 47.9 Å². The summed E-state index contributed by atoms with van der Waals surface area (Å²) in [6.45, 7) is 1.32. The van der Waals surface area contributed by atoms with Gasteiger partial charge in [0.2, 0.25) is 5.91 Å². The lowest BCUT2D eigenvalue weighted by Crippen LogP contribution is -2.35. The van der Waals surface area contributed by atoms with E-state index in [1.54, 1.807) is 0 Å². The fraction of sp³-hybridized carbons (Fsp3) is 0.294. The monoisotopic (exact) mass is 326 g/mol. The Hall–Kier alpha value is -2.96. The number of hydrogen-bond acceptors (Lipinski definition) is 5. The second kappa shape index (κ2) is 7.08. The van der Waals surface area contributed by atoms with Gasteiger partial charge in [0.25, 0.3) is 0 Å². The maximum absolute atomic E-state index is 11.9. The van der Waals surface area contributed by atoms with Crippen LogP contribution in [-0.2, 0) is 11.3 Å². The molecule has 1 aliphatic heterocycles. The number of nitrogens with zero attached hydrogens (tertiary/aromatic N) is 3. The van der Waals surface area contributed by atoms with Crippen LogP contribution in [0.2, 0.25) is 0 Å². The molecule has 2 N–H and O–H groups in total. The van der Waals surface area contributed by atoms with E-state index in [1.165, 1.54) is 12.4 Å². The number of carbonyl (C=O) groups excluding carboxylic acids is 1. The molecule has 124 valence electrons. The number of nitrogens with one attached hydrogen (secondary N) is 1. The van der Waals surface area contributed by atoms with Crippen molar-refractivity contribution in [1.82, 2.24) is 9.97 Å². The fourth-order valence-corrected chi connectivity index (χ4v) is 2.60. The summed E-state index contributed by atoms with van der Waals surface area (Å²) in [5.41, 5.74) is 1.87. The summed E-state index contributed by atoms with van der Waals surface area (Å²) in [4.78, 5) is 32.3. The maximum Gasteiger partial charge on any atom is 0.356 e. The molecule has 1 saturated heterocycles. The van der Waals surface area contributed by atoms with Crippen LogP contribution in [0.25, 0.3) is 0 Å². The van der Waals surface area contributed by atoms with E-state index >= 15 is 0 Å². The minimum absolute atomic E-state index is 0.0869. The highest BCUT2D eigenvalue weighted by molar-refractivity contribution is 5.93. The quantitative estimate of drug-likeness (QED) is 0.875. The van der Waals surface area contributed by atoms with Crippen LogP contribution in [0, 0.1) is 0 Å². The minimum Gasteiger partial charge on any atom is -0.476 e. The van der Waals surface area contributed by atoms with Crippen molar-refractivity contribution in [2.75, 3.05) is 16.8 Å². The number of carbonyl (C=O) groups is 2. The smallest absolute Gasteiger partial charge is 0.356 e. The Morgan fingerprint density at radius 3 is 2.58 bits per heavy atom. The van der Waals surface area contributed by atoms with Crippen LogP contribution < -0.4 is 10.2 Å². The van der Waals surface area contributed by atoms with Gasteiger partial charge in [-0.2, -0.15) is 0 Å². The summed E-state index contributed by atoms with van der Waals surface area (Å²) in [7, 11) is 0. The normalized spacial score (nSPS) is 14.5. The summed E-state index contributed by atoms with van der Waals surface area (Å²) < 4.78 is 0. The van der Waals surface area contributed by atoms with Crippen LogP contribution in [0.4, 0.5) is 11.5 Å². The topological polar surface area (TPSA) is 95.4 Å². The number of anilines is 2. The van der Waals surface area contributed by atoms with Crippen molar-refractivity contribution >= 4 is 23.4 Å². The highest BCUT2D eigenvalue weighted by Gasteiger charge is 2.19. The molecule has 0 saturated carbocycles. The Morgan fingerprint density at radius 2 is 1.96 bits per heavy atom. The van der Waals surface area contributed by atoms with E-state index in [2.05, 4.69) is 15.3 Å². The van der Waals surface area contributed by atoms with Crippen LogP contribution >= 0.6 is 0 Å². The van der Waals surface area contributed by atoms with E-state index < -0.39 is 5.97 Å². The second-order valence-corrected chi connectivity index (χ2v) is 5.61. The van der Waals surface area contributed by atoms with Gasteiger partial charge in [-0.05, 0) is 30.5 Å². The number of hydrogen-bond donors (Lipinski definition) is 2. The fourth-order valence-electron chi connectivity index (χ4n) is 2.60. The SMILES string of the molecule is O=C(O)c1cnc(NCc2ccc(N3CCCCC3=O)cc2)cn1. The number of carboxylic acid groups (broad SMARTS) is 1. The van der Waals surface area contributed by atoms with Gasteiger partial charge in [-0.15, -0.1) is 0 Å². The molecule has 1 fully saturated rings. The molecule has 0 bridgehead atoms. The van der Waals surface area contributed by atoms with Gasteiger partial charge in [0.15, 0.2) is 5.69 Å². The third-order valence-corrected chi connectivity index (χ3v) is 3.92. The van der Waals surface area contributed by atoms with E-state index in [9.17, 15) is 9.59 Å². The summed E-state index contributed by atoms with van der Waals surface area (Å²) in [6, 6.07) is 7.81. The molecule has 0 spiro atoms. The average Bonchev–Trinajstić information content (AvgIpc) is 2.61. The number of piperidine rings is 1. The largest absolute Gasteiger partial charge is 0.476 e. The molecule has 7 heteroatoms. The van der Waals surface area contributed by atoms with E-state index in [4.69, 9.17) is 5.11 Å². The first-order valence-corrected chi connectivity index (χ1v) is 7.82. The Labute approximate surface area is 139 Å². The van der Waals surface area contributed by atoms with Gasteiger partial charge >= 0.3 is 5.97 Å². The Balaban J connectivity index is 1.60. The molecule has 1 aromatic carbocycles. The standard InChI is InChI=1S/C17H18N4O3/c22-16-3-1-2-8-21(16)13-6-4-12(5-7-13)9-19-15-11-18-14(10-20-15)17(23)24/h4-7,10-11H,1-3,8-9H2,(H,19,20)(H,23,24). The Morgan fingerprint density at radius 1 is 1.17 bits per heavy atom. The van der Waals surface area contributed by atoms with Crippen molar-refractivity contribution in [2.24, 2.45) is 0 Å². The van der Waals surface area contributed by atoms with Crippen molar-refractivity contribution in [1.29, 1.82) is 0 Å². The molecule has 24 heavy (non-hydrogen) atoms. The molecule has 3 rings (SSSR count). The lowest BCUT2D eigenvalue weighted by Gasteiger charge is -2.26. The van der Waals surface area contributed by atoms with Gasteiger partial charge < -0.3 is 15.3 Å². The number of aromatic nitrogens is 2. The third-order valence-electron chi connectivity index (χ3n) is 3.92. The van der Waals surface area contributed by atoms with E-state index in [0.29, 0.717) is 18.8 Å². The van der Waals surface area contributed by atoms with Gasteiger partial charge in [-0.1, -0.05) is 12.1 Å². The number of amides is 1. The van der Waals surface area contributed by atoms with Crippen LogP contribution in [0.5, 0.6) is 0 Å². The van der Waals surface area contributed by atoms with Gasteiger partial charge in [-0.3, -0.25) is 4.79 Å². The van der Waals surface area contributed by atoms with Gasteiger partial charge in [0, 0.05) is 25.2 Å². The molecule has 2 heterocycles. The van der Waals surface area contributed by atoms with Crippen molar-refractivity contribution in [2.45, 2.75) is 25.8 Å². The molecule has 7 nitrogen and oxygen atoms in total. The van der Waals surface area contributed by atoms with Crippen LogP contribution in [-0.4, -0.2) is 33.5 Å². The molecule has 0 aliphatic carbocycles. The Kier molecular flexibility index (Phi) is 4.69.